The van der Waals surface area contributed by atoms with Crippen molar-refractivity contribution in [2.45, 2.75) is 12.3 Å². The third kappa shape index (κ3) is 4.22. The molecule has 0 aliphatic heterocycles. The number of hydrogen-bond donors (Lipinski definition) is 0. The Labute approximate surface area is 284 Å². The van der Waals surface area contributed by atoms with E-state index in [1.807, 2.05) is 12.1 Å². The van der Waals surface area contributed by atoms with Crippen molar-refractivity contribution >= 4 is 32.7 Å². The lowest BCUT2D eigenvalue weighted by atomic mass is 9.74. The zero-order chi connectivity index (χ0) is 32.5. The standard InChI is InChI=1S/C46H30N2O/c1-46(33-14-3-2-4-15-33)38-19-9-7-17-35(38)44-36(18-11-20-39(44)46)41-28-40(31-24-25-43-37(27-31)34-16-8-10-21-42(34)49-43)47-45(48-41)32-23-22-29-12-5-6-13-30(29)26-32/h2-28H,1H3. The van der Waals surface area contributed by atoms with Crippen LogP contribution in [0.1, 0.15) is 23.6 Å². The van der Waals surface area contributed by atoms with Crippen molar-refractivity contribution in [2.75, 3.05) is 0 Å². The third-order valence-electron chi connectivity index (χ3n) is 10.4. The summed E-state index contributed by atoms with van der Waals surface area (Å²) in [4.78, 5) is 10.6. The summed E-state index contributed by atoms with van der Waals surface area (Å²) in [5.74, 6) is 0.699. The quantitative estimate of drug-likeness (QED) is 0.195. The molecule has 2 aromatic heterocycles. The molecule has 0 saturated heterocycles. The molecular weight excluding hydrogens is 597 g/mol. The van der Waals surface area contributed by atoms with Gasteiger partial charge in [0.05, 0.1) is 11.4 Å². The Bertz CT molecular complexity index is 2740. The summed E-state index contributed by atoms with van der Waals surface area (Å²) in [6.07, 6.45) is 0. The molecule has 1 unspecified atom stereocenters. The highest BCUT2D eigenvalue weighted by molar-refractivity contribution is 6.06. The highest BCUT2D eigenvalue weighted by Crippen LogP contribution is 2.55. The van der Waals surface area contributed by atoms with Crippen LogP contribution in [0.15, 0.2) is 168 Å². The molecule has 1 aliphatic rings. The fourth-order valence-corrected chi connectivity index (χ4v) is 7.91. The third-order valence-corrected chi connectivity index (χ3v) is 10.4. The van der Waals surface area contributed by atoms with Crippen molar-refractivity contribution in [3.05, 3.63) is 180 Å². The minimum Gasteiger partial charge on any atom is -0.456 e. The Balaban J connectivity index is 1.23. The predicted molar refractivity (Wildman–Crippen MR) is 201 cm³/mol. The van der Waals surface area contributed by atoms with Crippen LogP contribution in [0.2, 0.25) is 0 Å². The minimum atomic E-state index is -0.298. The van der Waals surface area contributed by atoms with Gasteiger partial charge in [0.15, 0.2) is 5.82 Å². The van der Waals surface area contributed by atoms with Gasteiger partial charge >= 0.3 is 0 Å². The van der Waals surface area contributed by atoms with Crippen molar-refractivity contribution in [2.24, 2.45) is 0 Å². The van der Waals surface area contributed by atoms with Crippen LogP contribution in [-0.4, -0.2) is 9.97 Å². The maximum Gasteiger partial charge on any atom is 0.160 e. The van der Waals surface area contributed by atoms with Crippen molar-refractivity contribution in [3.8, 4) is 45.0 Å². The first-order chi connectivity index (χ1) is 24.1. The Morgan fingerprint density at radius 1 is 0.469 bits per heavy atom. The molecule has 3 heteroatoms. The molecule has 7 aromatic carbocycles. The molecule has 9 aromatic rings. The molecule has 3 nitrogen and oxygen atoms in total. The number of rotatable bonds is 4. The Morgan fingerprint density at radius 2 is 1.16 bits per heavy atom. The Hall–Kier alpha value is -6.32. The minimum absolute atomic E-state index is 0.298. The SMILES string of the molecule is CC1(c2ccccc2)c2ccccc2-c2c(-c3cc(-c4ccc5oc6ccccc6c5c4)nc(-c4ccc5ccccc5c4)n3)cccc21. The maximum absolute atomic E-state index is 6.18. The number of nitrogens with zero attached hydrogens (tertiary/aromatic N) is 2. The summed E-state index contributed by atoms with van der Waals surface area (Å²) in [7, 11) is 0. The molecule has 1 atom stereocenters. The summed E-state index contributed by atoms with van der Waals surface area (Å²) in [6, 6.07) is 58.0. The van der Waals surface area contributed by atoms with Gasteiger partial charge in [0.2, 0.25) is 0 Å². The largest absolute Gasteiger partial charge is 0.456 e. The van der Waals surface area contributed by atoms with Crippen molar-refractivity contribution in [1.82, 2.24) is 9.97 Å². The molecule has 2 heterocycles. The van der Waals surface area contributed by atoms with Gasteiger partial charge in [-0.15, -0.1) is 0 Å². The molecule has 0 N–H and O–H groups in total. The molecule has 10 rings (SSSR count). The van der Waals surface area contributed by atoms with Crippen LogP contribution in [0.3, 0.4) is 0 Å². The number of aromatic nitrogens is 2. The summed E-state index contributed by atoms with van der Waals surface area (Å²) in [6.45, 7) is 2.35. The van der Waals surface area contributed by atoms with Crippen LogP contribution in [0.5, 0.6) is 0 Å². The van der Waals surface area contributed by atoms with Gasteiger partial charge in [0, 0.05) is 32.9 Å². The van der Waals surface area contributed by atoms with Gasteiger partial charge < -0.3 is 4.42 Å². The van der Waals surface area contributed by atoms with Gasteiger partial charge in [0.25, 0.3) is 0 Å². The predicted octanol–water partition coefficient (Wildman–Crippen LogP) is 11.9. The molecule has 49 heavy (non-hydrogen) atoms. The van der Waals surface area contributed by atoms with E-state index in [-0.39, 0.29) is 5.41 Å². The van der Waals surface area contributed by atoms with Gasteiger partial charge in [-0.3, -0.25) is 0 Å². The van der Waals surface area contributed by atoms with Crippen molar-refractivity contribution in [1.29, 1.82) is 0 Å². The van der Waals surface area contributed by atoms with Crippen molar-refractivity contribution < 1.29 is 4.42 Å². The second-order valence-corrected chi connectivity index (χ2v) is 13.1. The number of hydrogen-bond acceptors (Lipinski definition) is 3. The summed E-state index contributed by atoms with van der Waals surface area (Å²) in [5.41, 5.74) is 12.7. The van der Waals surface area contributed by atoms with Gasteiger partial charge in [-0.2, -0.15) is 0 Å². The van der Waals surface area contributed by atoms with E-state index in [2.05, 4.69) is 159 Å². The van der Waals surface area contributed by atoms with Gasteiger partial charge in [0.1, 0.15) is 11.2 Å². The summed E-state index contributed by atoms with van der Waals surface area (Å²) >= 11 is 0. The average Bonchev–Trinajstić information content (AvgIpc) is 3.68. The van der Waals surface area contributed by atoms with E-state index in [0.29, 0.717) is 5.82 Å². The summed E-state index contributed by atoms with van der Waals surface area (Å²) in [5, 5.41) is 4.53. The first-order valence-electron chi connectivity index (χ1n) is 16.7. The zero-order valence-corrected chi connectivity index (χ0v) is 26.9. The molecule has 0 radical (unpaired) electrons. The highest BCUT2D eigenvalue weighted by atomic mass is 16.3. The van der Waals surface area contributed by atoms with E-state index >= 15 is 0 Å². The highest BCUT2D eigenvalue weighted by Gasteiger charge is 2.41. The lowest BCUT2D eigenvalue weighted by molar-refractivity contribution is 0.669. The molecule has 0 spiro atoms. The fourth-order valence-electron chi connectivity index (χ4n) is 7.91. The van der Waals surface area contributed by atoms with E-state index < -0.39 is 0 Å². The Kier molecular flexibility index (Phi) is 6.00. The zero-order valence-electron chi connectivity index (χ0n) is 26.9. The smallest absolute Gasteiger partial charge is 0.160 e. The van der Waals surface area contributed by atoms with Crippen molar-refractivity contribution in [3.63, 3.8) is 0 Å². The fraction of sp³-hybridized carbons (Fsp3) is 0.0435. The van der Waals surface area contributed by atoms with E-state index in [9.17, 15) is 0 Å². The second kappa shape index (κ2) is 10.6. The maximum atomic E-state index is 6.18. The van der Waals surface area contributed by atoms with E-state index in [0.717, 1.165) is 55.4 Å². The van der Waals surface area contributed by atoms with E-state index in [1.165, 1.54) is 33.2 Å². The van der Waals surface area contributed by atoms with Gasteiger partial charge in [-0.05, 0) is 81.9 Å². The number of benzene rings is 7. The monoisotopic (exact) mass is 626 g/mol. The van der Waals surface area contributed by atoms with E-state index in [4.69, 9.17) is 14.4 Å². The first kappa shape index (κ1) is 27.8. The lowest BCUT2D eigenvalue weighted by Gasteiger charge is -2.28. The van der Waals surface area contributed by atoms with E-state index in [1.54, 1.807) is 0 Å². The van der Waals surface area contributed by atoms with Crippen LogP contribution >= 0.6 is 0 Å². The number of para-hydroxylation sites is 1. The number of fused-ring (bicyclic) bond motifs is 7. The van der Waals surface area contributed by atoms with Gasteiger partial charge in [-0.25, -0.2) is 9.97 Å². The van der Waals surface area contributed by atoms with Crippen LogP contribution in [0, 0.1) is 0 Å². The molecule has 0 amide bonds. The second-order valence-electron chi connectivity index (χ2n) is 13.1. The first-order valence-corrected chi connectivity index (χ1v) is 16.7. The van der Waals surface area contributed by atoms with Crippen LogP contribution in [0.4, 0.5) is 0 Å². The Morgan fingerprint density at radius 3 is 2.08 bits per heavy atom. The van der Waals surface area contributed by atoms with Crippen LogP contribution < -0.4 is 0 Å². The normalized spacial score (nSPS) is 15.1. The lowest BCUT2D eigenvalue weighted by Crippen LogP contribution is -2.22. The average molecular weight is 627 g/mol. The molecular formula is C46H30N2O. The molecule has 230 valence electrons. The van der Waals surface area contributed by atoms with Crippen LogP contribution in [0.25, 0.3) is 77.7 Å². The molecule has 0 bridgehead atoms. The van der Waals surface area contributed by atoms with Crippen LogP contribution in [-0.2, 0) is 5.41 Å². The van der Waals surface area contributed by atoms with Gasteiger partial charge in [-0.1, -0.05) is 127 Å². The molecule has 1 aliphatic carbocycles. The molecule has 0 fully saturated rings. The summed E-state index contributed by atoms with van der Waals surface area (Å²) < 4.78 is 6.18. The number of furan rings is 1. The molecule has 0 saturated carbocycles. The topological polar surface area (TPSA) is 38.9 Å².